The fourth-order valence-electron chi connectivity index (χ4n) is 1.80. The van der Waals surface area contributed by atoms with Crippen LogP contribution >= 0.6 is 11.6 Å². The van der Waals surface area contributed by atoms with Crippen molar-refractivity contribution in [2.24, 2.45) is 5.73 Å². The molecule has 1 aromatic carbocycles. The third-order valence-electron chi connectivity index (χ3n) is 2.75. The molecule has 1 aliphatic heterocycles. The summed E-state index contributed by atoms with van der Waals surface area (Å²) in [5.74, 6) is 0. The zero-order valence-electron chi connectivity index (χ0n) is 8.33. The fraction of sp³-hybridized carbons (Fsp3) is 0.455. The smallest absolute Gasteiger partial charge is 0.0455 e. The maximum atomic E-state index is 6.07. The molecule has 1 aliphatic rings. The van der Waals surface area contributed by atoms with Gasteiger partial charge in [-0.15, -0.1) is 0 Å². The summed E-state index contributed by atoms with van der Waals surface area (Å²) in [7, 11) is 0. The van der Waals surface area contributed by atoms with Crippen LogP contribution < -0.4 is 10.6 Å². The van der Waals surface area contributed by atoms with Gasteiger partial charge in [-0.3, -0.25) is 0 Å². The molecule has 0 aromatic heterocycles. The third kappa shape index (κ3) is 1.86. The lowest BCUT2D eigenvalue weighted by Gasteiger charge is -2.18. The quantitative estimate of drug-likeness (QED) is 0.770. The molecule has 0 bridgehead atoms. The van der Waals surface area contributed by atoms with Crippen LogP contribution in [0.5, 0.6) is 0 Å². The minimum absolute atomic E-state index is 0.315. The SMILES string of the molecule is Cc1ccc(N2CCC(N)C2)cc1Cl. The second-order valence-electron chi connectivity index (χ2n) is 3.93. The van der Waals surface area contributed by atoms with E-state index < -0.39 is 0 Å². The molecule has 1 atom stereocenters. The van der Waals surface area contributed by atoms with Crippen molar-refractivity contribution in [2.45, 2.75) is 19.4 Å². The van der Waals surface area contributed by atoms with E-state index in [0.717, 1.165) is 30.1 Å². The molecule has 2 nitrogen and oxygen atoms in total. The molecule has 1 aromatic rings. The molecule has 0 amide bonds. The second kappa shape index (κ2) is 3.79. The van der Waals surface area contributed by atoms with E-state index in [9.17, 15) is 0 Å². The van der Waals surface area contributed by atoms with Crippen LogP contribution in [-0.2, 0) is 0 Å². The first-order chi connectivity index (χ1) is 6.66. The van der Waals surface area contributed by atoms with Gasteiger partial charge in [0.15, 0.2) is 0 Å². The summed E-state index contributed by atoms with van der Waals surface area (Å²) in [6.07, 6.45) is 1.07. The minimum Gasteiger partial charge on any atom is -0.370 e. The first-order valence-electron chi connectivity index (χ1n) is 4.93. The Morgan fingerprint density at radius 3 is 2.86 bits per heavy atom. The Morgan fingerprint density at radius 2 is 2.29 bits per heavy atom. The van der Waals surface area contributed by atoms with Gasteiger partial charge in [-0.05, 0) is 31.0 Å². The minimum atomic E-state index is 0.315. The molecule has 0 spiro atoms. The van der Waals surface area contributed by atoms with Crippen molar-refractivity contribution in [1.29, 1.82) is 0 Å². The number of benzene rings is 1. The maximum Gasteiger partial charge on any atom is 0.0455 e. The summed E-state index contributed by atoms with van der Waals surface area (Å²) < 4.78 is 0. The Balaban J connectivity index is 2.20. The van der Waals surface area contributed by atoms with Gasteiger partial charge in [-0.2, -0.15) is 0 Å². The highest BCUT2D eigenvalue weighted by atomic mass is 35.5. The van der Waals surface area contributed by atoms with Crippen LogP contribution in [0.3, 0.4) is 0 Å². The molecular formula is C11H15ClN2. The van der Waals surface area contributed by atoms with E-state index in [1.54, 1.807) is 0 Å². The Hall–Kier alpha value is -0.730. The second-order valence-corrected chi connectivity index (χ2v) is 4.34. The van der Waals surface area contributed by atoms with Crippen molar-refractivity contribution in [2.75, 3.05) is 18.0 Å². The highest BCUT2D eigenvalue weighted by Gasteiger charge is 2.19. The van der Waals surface area contributed by atoms with E-state index in [0.29, 0.717) is 6.04 Å². The molecule has 2 rings (SSSR count). The van der Waals surface area contributed by atoms with Crippen LogP contribution in [0, 0.1) is 6.92 Å². The molecule has 1 fully saturated rings. The van der Waals surface area contributed by atoms with Crippen molar-refractivity contribution < 1.29 is 0 Å². The maximum absolute atomic E-state index is 6.07. The van der Waals surface area contributed by atoms with Crippen molar-refractivity contribution in [3.8, 4) is 0 Å². The lowest BCUT2D eigenvalue weighted by molar-refractivity contribution is 0.752. The molecule has 0 radical (unpaired) electrons. The van der Waals surface area contributed by atoms with Crippen molar-refractivity contribution in [3.63, 3.8) is 0 Å². The topological polar surface area (TPSA) is 29.3 Å². The van der Waals surface area contributed by atoms with Gasteiger partial charge < -0.3 is 10.6 Å². The Morgan fingerprint density at radius 1 is 1.50 bits per heavy atom. The Bertz CT molecular complexity index is 338. The highest BCUT2D eigenvalue weighted by molar-refractivity contribution is 6.31. The molecule has 1 saturated heterocycles. The number of hydrogen-bond donors (Lipinski definition) is 1. The molecule has 0 saturated carbocycles. The van der Waals surface area contributed by atoms with Crippen LogP contribution in [0.4, 0.5) is 5.69 Å². The molecule has 2 N–H and O–H groups in total. The number of halogens is 1. The van der Waals surface area contributed by atoms with E-state index in [-0.39, 0.29) is 0 Å². The van der Waals surface area contributed by atoms with Crippen LogP contribution in [0.25, 0.3) is 0 Å². The normalized spacial score (nSPS) is 21.6. The van der Waals surface area contributed by atoms with Gasteiger partial charge in [-0.1, -0.05) is 17.7 Å². The average Bonchev–Trinajstić information content (AvgIpc) is 2.57. The summed E-state index contributed by atoms with van der Waals surface area (Å²) in [5.41, 5.74) is 8.17. The molecule has 3 heteroatoms. The molecule has 76 valence electrons. The lowest BCUT2D eigenvalue weighted by atomic mass is 10.2. The standard InChI is InChI=1S/C11H15ClN2/c1-8-2-3-10(6-11(8)12)14-5-4-9(13)7-14/h2-3,6,9H,4-5,7,13H2,1H3. The predicted octanol–water partition coefficient (Wildman–Crippen LogP) is 2.19. The van der Waals surface area contributed by atoms with Crippen LogP contribution in [0.1, 0.15) is 12.0 Å². The third-order valence-corrected chi connectivity index (χ3v) is 3.15. The number of hydrogen-bond acceptors (Lipinski definition) is 2. The molecule has 0 aliphatic carbocycles. The molecule has 14 heavy (non-hydrogen) atoms. The van der Waals surface area contributed by atoms with Gasteiger partial charge in [0.2, 0.25) is 0 Å². The van der Waals surface area contributed by atoms with E-state index in [1.165, 1.54) is 5.69 Å². The van der Waals surface area contributed by atoms with Crippen molar-refractivity contribution >= 4 is 17.3 Å². The van der Waals surface area contributed by atoms with Gasteiger partial charge in [-0.25, -0.2) is 0 Å². The van der Waals surface area contributed by atoms with Crippen molar-refractivity contribution in [1.82, 2.24) is 0 Å². The molecular weight excluding hydrogens is 196 g/mol. The fourth-order valence-corrected chi connectivity index (χ4v) is 1.98. The van der Waals surface area contributed by atoms with E-state index in [2.05, 4.69) is 17.0 Å². The summed E-state index contributed by atoms with van der Waals surface area (Å²) in [6, 6.07) is 6.51. The van der Waals surface area contributed by atoms with E-state index >= 15 is 0 Å². The number of nitrogens with two attached hydrogens (primary N) is 1. The van der Waals surface area contributed by atoms with Crippen molar-refractivity contribution in [3.05, 3.63) is 28.8 Å². The van der Waals surface area contributed by atoms with Crippen LogP contribution in [0.2, 0.25) is 5.02 Å². The number of aryl methyl sites for hydroxylation is 1. The zero-order chi connectivity index (χ0) is 10.1. The summed E-state index contributed by atoms with van der Waals surface area (Å²) in [6.45, 7) is 4.00. The Labute approximate surface area is 89.7 Å². The summed E-state index contributed by atoms with van der Waals surface area (Å²) in [5, 5.41) is 0.836. The average molecular weight is 211 g/mol. The van der Waals surface area contributed by atoms with Gasteiger partial charge in [0, 0.05) is 29.8 Å². The van der Waals surface area contributed by atoms with Gasteiger partial charge in [0.05, 0.1) is 0 Å². The first-order valence-corrected chi connectivity index (χ1v) is 5.31. The lowest BCUT2D eigenvalue weighted by Crippen LogP contribution is -2.26. The summed E-state index contributed by atoms with van der Waals surface area (Å²) in [4.78, 5) is 2.29. The molecule has 1 heterocycles. The van der Waals surface area contributed by atoms with Crippen LogP contribution in [-0.4, -0.2) is 19.1 Å². The van der Waals surface area contributed by atoms with Gasteiger partial charge in [0.25, 0.3) is 0 Å². The largest absolute Gasteiger partial charge is 0.370 e. The van der Waals surface area contributed by atoms with E-state index in [4.69, 9.17) is 17.3 Å². The van der Waals surface area contributed by atoms with Crippen LogP contribution in [0.15, 0.2) is 18.2 Å². The molecule has 1 unspecified atom stereocenters. The van der Waals surface area contributed by atoms with E-state index in [1.807, 2.05) is 13.0 Å². The predicted molar refractivity (Wildman–Crippen MR) is 61.0 cm³/mol. The summed E-state index contributed by atoms with van der Waals surface area (Å²) >= 11 is 6.07. The van der Waals surface area contributed by atoms with Gasteiger partial charge in [0.1, 0.15) is 0 Å². The Kier molecular flexibility index (Phi) is 2.66. The monoisotopic (exact) mass is 210 g/mol. The number of anilines is 1. The zero-order valence-corrected chi connectivity index (χ0v) is 9.09. The van der Waals surface area contributed by atoms with Gasteiger partial charge >= 0.3 is 0 Å². The highest BCUT2D eigenvalue weighted by Crippen LogP contribution is 2.25. The first kappa shape index (κ1) is 9.81. The number of nitrogens with zero attached hydrogens (tertiary/aromatic N) is 1. The number of rotatable bonds is 1.